The van der Waals surface area contributed by atoms with E-state index in [-0.39, 0.29) is 30.4 Å². The van der Waals surface area contributed by atoms with Crippen molar-refractivity contribution in [1.29, 1.82) is 0 Å². The molecule has 0 aliphatic carbocycles. The average Bonchev–Trinajstić information content (AvgIpc) is 3.27. The topological polar surface area (TPSA) is 77.7 Å². The lowest BCUT2D eigenvalue weighted by Crippen LogP contribution is -2.26. The Hall–Kier alpha value is -3.49. The Morgan fingerprint density at radius 1 is 1.12 bits per heavy atom. The molecule has 1 heterocycles. The van der Waals surface area contributed by atoms with Gasteiger partial charge in [0, 0.05) is 32.0 Å². The minimum atomic E-state index is -2.95. The molecule has 1 aromatic heterocycles. The quantitative estimate of drug-likeness (QED) is 0.422. The molecule has 7 nitrogen and oxygen atoms in total. The van der Waals surface area contributed by atoms with Crippen molar-refractivity contribution in [2.45, 2.75) is 45.8 Å². The maximum absolute atomic E-state index is 12.5. The van der Waals surface area contributed by atoms with Crippen molar-refractivity contribution in [1.82, 2.24) is 15.0 Å². The molecule has 0 fully saturated rings. The molecule has 0 radical (unpaired) electrons. The molecule has 0 aliphatic rings. The number of amides is 1. The molecule has 3 aromatic rings. The third-order valence-electron chi connectivity index (χ3n) is 5.15. The Labute approximate surface area is 191 Å². The summed E-state index contributed by atoms with van der Waals surface area (Å²) in [7, 11) is 3.03. The van der Waals surface area contributed by atoms with E-state index in [0.717, 1.165) is 5.56 Å². The molecule has 0 N–H and O–H groups in total. The highest BCUT2D eigenvalue weighted by molar-refractivity contribution is 5.76. The summed E-state index contributed by atoms with van der Waals surface area (Å²) in [5, 5.41) is 4.01. The highest BCUT2D eigenvalue weighted by Gasteiger charge is 2.16. The number of hydrogen-bond donors (Lipinski definition) is 0. The van der Waals surface area contributed by atoms with E-state index in [9.17, 15) is 13.6 Å². The van der Waals surface area contributed by atoms with Crippen molar-refractivity contribution in [2.24, 2.45) is 0 Å². The van der Waals surface area contributed by atoms with Crippen molar-refractivity contribution in [3.05, 3.63) is 59.5 Å². The van der Waals surface area contributed by atoms with Crippen molar-refractivity contribution < 1.29 is 27.6 Å². The SMILES string of the molecule is COc1cc(CN(C)C(=O)CCc2nc(-c3ccc(C(C)C)cc3)no2)ccc1OC(F)F. The number of ether oxygens (including phenoxy) is 2. The predicted octanol–water partition coefficient (Wildman–Crippen LogP) is 5.06. The van der Waals surface area contributed by atoms with Gasteiger partial charge >= 0.3 is 6.61 Å². The highest BCUT2D eigenvalue weighted by Crippen LogP contribution is 2.30. The van der Waals surface area contributed by atoms with Crippen LogP contribution in [0.15, 0.2) is 47.0 Å². The minimum Gasteiger partial charge on any atom is -0.493 e. The number of halogens is 2. The van der Waals surface area contributed by atoms with Crippen LogP contribution in [-0.4, -0.2) is 41.7 Å². The van der Waals surface area contributed by atoms with Gasteiger partial charge in [0.05, 0.1) is 7.11 Å². The molecule has 0 unspecified atom stereocenters. The number of nitrogens with zero attached hydrogens (tertiary/aromatic N) is 3. The predicted molar refractivity (Wildman–Crippen MR) is 118 cm³/mol. The molecular weight excluding hydrogens is 432 g/mol. The number of alkyl halides is 2. The Kier molecular flexibility index (Phi) is 7.97. The number of hydrogen-bond acceptors (Lipinski definition) is 6. The molecule has 3 rings (SSSR count). The first kappa shape index (κ1) is 24.2. The Morgan fingerprint density at radius 2 is 1.85 bits per heavy atom. The first-order chi connectivity index (χ1) is 15.8. The van der Waals surface area contributed by atoms with Crippen LogP contribution in [-0.2, 0) is 17.8 Å². The summed E-state index contributed by atoms with van der Waals surface area (Å²) >= 11 is 0. The molecule has 0 saturated carbocycles. The Morgan fingerprint density at radius 3 is 2.48 bits per heavy atom. The van der Waals surface area contributed by atoms with Crippen LogP contribution in [0.1, 0.15) is 43.2 Å². The zero-order valence-corrected chi connectivity index (χ0v) is 19.0. The largest absolute Gasteiger partial charge is 0.493 e. The van der Waals surface area contributed by atoms with Gasteiger partial charge in [0.15, 0.2) is 11.5 Å². The van der Waals surface area contributed by atoms with Crippen LogP contribution in [0.4, 0.5) is 8.78 Å². The summed E-state index contributed by atoms with van der Waals surface area (Å²) in [6.07, 6.45) is 0.499. The molecule has 0 saturated heterocycles. The second-order valence-corrected chi connectivity index (χ2v) is 7.90. The molecule has 9 heteroatoms. The number of methoxy groups -OCH3 is 1. The minimum absolute atomic E-state index is 0.0590. The van der Waals surface area contributed by atoms with E-state index in [0.29, 0.717) is 29.6 Å². The summed E-state index contributed by atoms with van der Waals surface area (Å²) in [5.41, 5.74) is 2.80. The van der Waals surface area contributed by atoms with Crippen LogP contribution in [0.25, 0.3) is 11.4 Å². The Balaban J connectivity index is 1.55. The summed E-state index contributed by atoms with van der Waals surface area (Å²) in [6, 6.07) is 12.6. The molecule has 33 heavy (non-hydrogen) atoms. The molecule has 0 aliphatic heterocycles. The fraction of sp³-hybridized carbons (Fsp3) is 0.375. The van der Waals surface area contributed by atoms with Crippen molar-refractivity contribution in [2.75, 3.05) is 14.2 Å². The molecule has 1 amide bonds. The van der Waals surface area contributed by atoms with Crippen LogP contribution in [0.3, 0.4) is 0 Å². The number of aryl methyl sites for hydroxylation is 1. The van der Waals surface area contributed by atoms with Crippen molar-refractivity contribution in [3.8, 4) is 22.9 Å². The van der Waals surface area contributed by atoms with Crippen molar-refractivity contribution in [3.63, 3.8) is 0 Å². The molecular formula is C24H27F2N3O4. The Bertz CT molecular complexity index is 1070. The monoisotopic (exact) mass is 459 g/mol. The normalized spacial score (nSPS) is 11.2. The van der Waals surface area contributed by atoms with E-state index < -0.39 is 6.61 Å². The maximum atomic E-state index is 12.5. The van der Waals surface area contributed by atoms with Crippen LogP contribution in [0, 0.1) is 0 Å². The standard InChI is InChI=1S/C24H27F2N3O4/c1-15(2)17-6-8-18(9-7-17)23-27-21(33-28-23)11-12-22(30)29(3)14-16-5-10-19(32-24(25)26)20(13-16)31-4/h5-10,13,15,24H,11-12,14H2,1-4H3. The molecule has 0 spiro atoms. The number of carbonyl (C=O) groups excluding carboxylic acids is 1. The van der Waals surface area contributed by atoms with Crippen LogP contribution < -0.4 is 9.47 Å². The first-order valence-electron chi connectivity index (χ1n) is 10.6. The van der Waals surface area contributed by atoms with Gasteiger partial charge in [-0.3, -0.25) is 4.79 Å². The van der Waals surface area contributed by atoms with Crippen LogP contribution in [0.2, 0.25) is 0 Å². The molecule has 0 bridgehead atoms. The van der Waals surface area contributed by atoms with Gasteiger partial charge in [0.25, 0.3) is 0 Å². The fourth-order valence-corrected chi connectivity index (χ4v) is 3.26. The zero-order valence-electron chi connectivity index (χ0n) is 19.0. The van der Waals surface area contributed by atoms with Crippen LogP contribution >= 0.6 is 0 Å². The smallest absolute Gasteiger partial charge is 0.387 e. The third-order valence-corrected chi connectivity index (χ3v) is 5.15. The number of aromatic nitrogens is 2. The number of rotatable bonds is 10. The van der Waals surface area contributed by atoms with Gasteiger partial charge in [0.1, 0.15) is 0 Å². The van der Waals surface area contributed by atoms with Gasteiger partial charge < -0.3 is 18.9 Å². The first-order valence-corrected chi connectivity index (χ1v) is 10.6. The lowest BCUT2D eigenvalue weighted by molar-refractivity contribution is -0.130. The van der Waals surface area contributed by atoms with Gasteiger partial charge in [-0.2, -0.15) is 13.8 Å². The van der Waals surface area contributed by atoms with Crippen molar-refractivity contribution >= 4 is 5.91 Å². The lowest BCUT2D eigenvalue weighted by atomic mass is 10.0. The average molecular weight is 459 g/mol. The van der Waals surface area contributed by atoms with E-state index in [2.05, 4.69) is 28.7 Å². The number of benzene rings is 2. The van der Waals surface area contributed by atoms with Gasteiger partial charge in [-0.1, -0.05) is 49.3 Å². The van der Waals surface area contributed by atoms with E-state index >= 15 is 0 Å². The molecule has 2 aromatic carbocycles. The molecule has 0 atom stereocenters. The van der Waals surface area contributed by atoms with Gasteiger partial charge in [0.2, 0.25) is 17.6 Å². The van der Waals surface area contributed by atoms with Gasteiger partial charge in [-0.15, -0.1) is 0 Å². The summed E-state index contributed by atoms with van der Waals surface area (Å²) in [6.45, 7) is 1.59. The van der Waals surface area contributed by atoms with Crippen LogP contribution in [0.5, 0.6) is 11.5 Å². The van der Waals surface area contributed by atoms with E-state index in [1.54, 1.807) is 19.2 Å². The lowest BCUT2D eigenvalue weighted by Gasteiger charge is -2.18. The zero-order chi connectivity index (χ0) is 24.0. The van der Waals surface area contributed by atoms with Gasteiger partial charge in [-0.25, -0.2) is 0 Å². The third kappa shape index (κ3) is 6.50. The second-order valence-electron chi connectivity index (χ2n) is 7.90. The summed E-state index contributed by atoms with van der Waals surface area (Å²) in [5.74, 6) is 1.30. The van der Waals surface area contributed by atoms with E-state index in [1.165, 1.54) is 23.6 Å². The molecule has 176 valence electrons. The number of carbonyl (C=O) groups is 1. The summed E-state index contributed by atoms with van der Waals surface area (Å²) < 4.78 is 39.8. The van der Waals surface area contributed by atoms with Gasteiger partial charge in [-0.05, 0) is 29.2 Å². The van der Waals surface area contributed by atoms with E-state index in [4.69, 9.17) is 9.26 Å². The van der Waals surface area contributed by atoms with E-state index in [1.807, 2.05) is 24.3 Å². The maximum Gasteiger partial charge on any atom is 0.387 e. The second kappa shape index (κ2) is 10.9. The highest BCUT2D eigenvalue weighted by atomic mass is 19.3. The fourth-order valence-electron chi connectivity index (χ4n) is 3.26. The summed E-state index contributed by atoms with van der Waals surface area (Å²) in [4.78, 5) is 18.5.